The fourth-order valence-corrected chi connectivity index (χ4v) is 2.01. The van der Waals surface area contributed by atoms with Crippen LogP contribution in [-0.2, 0) is 0 Å². The summed E-state index contributed by atoms with van der Waals surface area (Å²) in [7, 11) is 0. The molecule has 0 radical (unpaired) electrons. The molecule has 0 amide bonds. The van der Waals surface area contributed by atoms with E-state index in [0.29, 0.717) is 0 Å². The predicted octanol–water partition coefficient (Wildman–Crippen LogP) is 3.38. The highest BCUT2D eigenvalue weighted by molar-refractivity contribution is 6.08. The van der Waals surface area contributed by atoms with Gasteiger partial charge < -0.3 is 0 Å². The summed E-state index contributed by atoms with van der Waals surface area (Å²) in [6.07, 6.45) is 2.90. The van der Waals surface area contributed by atoms with Crippen molar-refractivity contribution in [1.82, 2.24) is 9.78 Å². The van der Waals surface area contributed by atoms with Crippen molar-refractivity contribution < 1.29 is 13.6 Å². The lowest BCUT2D eigenvalue weighted by Gasteiger charge is -2.00. The molecule has 0 fully saturated rings. The Kier molecular flexibility index (Phi) is 3.31. The zero-order valence-electron chi connectivity index (χ0n) is 10.8. The normalized spacial score (nSPS) is 10.6. The van der Waals surface area contributed by atoms with Gasteiger partial charge >= 0.3 is 0 Å². The molecule has 1 heterocycles. The molecular weight excluding hydrogens is 274 g/mol. The smallest absolute Gasteiger partial charge is 0.196 e. The summed E-state index contributed by atoms with van der Waals surface area (Å²) < 4.78 is 27.9. The molecule has 3 aromatic rings. The van der Waals surface area contributed by atoms with Gasteiger partial charge in [0.05, 0.1) is 17.4 Å². The Morgan fingerprint density at radius 3 is 2.29 bits per heavy atom. The van der Waals surface area contributed by atoms with E-state index in [1.54, 1.807) is 0 Å². The minimum Gasteiger partial charge on any atom is -0.288 e. The Hall–Kier alpha value is -2.82. The molecule has 1 aromatic heterocycles. The van der Waals surface area contributed by atoms with Crippen LogP contribution in [0.2, 0.25) is 0 Å². The van der Waals surface area contributed by atoms with E-state index in [1.165, 1.54) is 17.1 Å². The maximum absolute atomic E-state index is 13.2. The van der Waals surface area contributed by atoms with Gasteiger partial charge in [0.25, 0.3) is 0 Å². The van der Waals surface area contributed by atoms with Crippen molar-refractivity contribution in [1.29, 1.82) is 0 Å². The molecule has 2 aromatic carbocycles. The van der Waals surface area contributed by atoms with Gasteiger partial charge in [0.1, 0.15) is 11.6 Å². The standard InChI is InChI=1S/C16H10F2N2O/c17-13-6-11(7-14(18)8-13)16(21)12-9-19-20(10-12)15-4-2-1-3-5-15/h1-10H. The van der Waals surface area contributed by atoms with Crippen molar-refractivity contribution in [3.63, 3.8) is 0 Å². The molecule has 0 atom stereocenters. The van der Waals surface area contributed by atoms with E-state index in [1.807, 2.05) is 30.3 Å². The number of aromatic nitrogens is 2. The van der Waals surface area contributed by atoms with E-state index in [4.69, 9.17) is 0 Å². The number of hydrogen-bond acceptors (Lipinski definition) is 2. The average molecular weight is 284 g/mol. The number of benzene rings is 2. The number of para-hydroxylation sites is 1. The number of ketones is 1. The van der Waals surface area contributed by atoms with Gasteiger partial charge in [-0.2, -0.15) is 5.10 Å². The number of hydrogen-bond donors (Lipinski definition) is 0. The molecule has 0 N–H and O–H groups in total. The van der Waals surface area contributed by atoms with E-state index < -0.39 is 17.4 Å². The van der Waals surface area contributed by atoms with Crippen molar-refractivity contribution in [2.45, 2.75) is 0 Å². The molecular formula is C16H10F2N2O. The highest BCUT2D eigenvalue weighted by Crippen LogP contribution is 2.14. The molecule has 3 nitrogen and oxygen atoms in total. The zero-order chi connectivity index (χ0) is 14.8. The lowest BCUT2D eigenvalue weighted by molar-refractivity contribution is 0.103. The molecule has 0 saturated carbocycles. The molecule has 0 unspecified atom stereocenters. The van der Waals surface area contributed by atoms with Gasteiger partial charge in [-0.15, -0.1) is 0 Å². The Bertz CT molecular complexity index is 777. The molecule has 5 heteroatoms. The van der Waals surface area contributed by atoms with Crippen LogP contribution in [0.25, 0.3) is 5.69 Å². The molecule has 3 rings (SSSR count). The van der Waals surface area contributed by atoms with Crippen molar-refractivity contribution in [3.8, 4) is 5.69 Å². The summed E-state index contributed by atoms with van der Waals surface area (Å²) in [4.78, 5) is 12.2. The van der Waals surface area contributed by atoms with E-state index >= 15 is 0 Å². The van der Waals surface area contributed by atoms with Crippen molar-refractivity contribution in [3.05, 3.63) is 83.7 Å². The van der Waals surface area contributed by atoms with Gasteiger partial charge in [-0.25, -0.2) is 13.5 Å². The van der Waals surface area contributed by atoms with Gasteiger partial charge in [-0.05, 0) is 24.3 Å². The Labute approximate surface area is 119 Å². The highest BCUT2D eigenvalue weighted by atomic mass is 19.1. The van der Waals surface area contributed by atoms with Crippen LogP contribution in [0.5, 0.6) is 0 Å². The average Bonchev–Trinajstić information content (AvgIpc) is 2.96. The third-order valence-electron chi connectivity index (χ3n) is 2.99. The second-order valence-corrected chi connectivity index (χ2v) is 4.50. The van der Waals surface area contributed by atoms with Crippen LogP contribution in [0.1, 0.15) is 15.9 Å². The number of rotatable bonds is 3. The van der Waals surface area contributed by atoms with Crippen LogP contribution in [0.3, 0.4) is 0 Å². The molecule has 0 aliphatic carbocycles. The van der Waals surface area contributed by atoms with Crippen molar-refractivity contribution in [2.75, 3.05) is 0 Å². The fraction of sp³-hybridized carbons (Fsp3) is 0. The predicted molar refractivity (Wildman–Crippen MR) is 73.4 cm³/mol. The number of carbonyl (C=O) groups is 1. The first-order valence-corrected chi connectivity index (χ1v) is 6.24. The Morgan fingerprint density at radius 1 is 0.952 bits per heavy atom. The number of carbonyl (C=O) groups excluding carboxylic acids is 1. The summed E-state index contributed by atoms with van der Waals surface area (Å²) in [5, 5.41) is 4.09. The first kappa shape index (κ1) is 13.2. The van der Waals surface area contributed by atoms with Crippen LogP contribution < -0.4 is 0 Å². The van der Waals surface area contributed by atoms with E-state index in [2.05, 4.69) is 5.10 Å². The summed E-state index contributed by atoms with van der Waals surface area (Å²) in [6, 6.07) is 12.0. The van der Waals surface area contributed by atoms with Gasteiger partial charge in [0.15, 0.2) is 5.78 Å². The summed E-state index contributed by atoms with van der Waals surface area (Å²) in [5.41, 5.74) is 1.02. The molecule has 0 aliphatic rings. The third kappa shape index (κ3) is 2.72. The van der Waals surface area contributed by atoms with E-state index in [-0.39, 0.29) is 11.1 Å². The summed E-state index contributed by atoms with van der Waals surface area (Å²) >= 11 is 0. The number of halogens is 2. The van der Waals surface area contributed by atoms with Crippen molar-refractivity contribution >= 4 is 5.78 Å². The zero-order valence-corrected chi connectivity index (χ0v) is 10.8. The Balaban J connectivity index is 1.94. The maximum atomic E-state index is 13.2. The monoisotopic (exact) mass is 284 g/mol. The van der Waals surface area contributed by atoms with Gasteiger partial charge in [-0.1, -0.05) is 18.2 Å². The SMILES string of the molecule is O=C(c1cc(F)cc(F)c1)c1cnn(-c2ccccc2)c1. The van der Waals surface area contributed by atoms with Gasteiger partial charge in [0, 0.05) is 17.8 Å². The third-order valence-corrected chi connectivity index (χ3v) is 2.99. The van der Waals surface area contributed by atoms with Gasteiger partial charge in [-0.3, -0.25) is 4.79 Å². The van der Waals surface area contributed by atoms with E-state index in [9.17, 15) is 13.6 Å². The van der Waals surface area contributed by atoms with Crippen LogP contribution in [0, 0.1) is 11.6 Å². The molecule has 104 valence electrons. The molecule has 21 heavy (non-hydrogen) atoms. The van der Waals surface area contributed by atoms with E-state index in [0.717, 1.165) is 23.9 Å². The Morgan fingerprint density at radius 2 is 1.62 bits per heavy atom. The second kappa shape index (κ2) is 5.28. The minimum atomic E-state index is -0.784. The minimum absolute atomic E-state index is 0.0416. The number of nitrogens with zero attached hydrogens (tertiary/aromatic N) is 2. The van der Waals surface area contributed by atoms with Crippen LogP contribution >= 0.6 is 0 Å². The lowest BCUT2D eigenvalue weighted by atomic mass is 10.1. The molecule has 0 saturated heterocycles. The maximum Gasteiger partial charge on any atom is 0.196 e. The second-order valence-electron chi connectivity index (χ2n) is 4.50. The largest absolute Gasteiger partial charge is 0.288 e. The molecule has 0 aliphatic heterocycles. The highest BCUT2D eigenvalue weighted by Gasteiger charge is 2.14. The van der Waals surface area contributed by atoms with Crippen molar-refractivity contribution in [2.24, 2.45) is 0 Å². The fourth-order valence-electron chi connectivity index (χ4n) is 2.01. The quantitative estimate of drug-likeness (QED) is 0.691. The summed E-state index contributed by atoms with van der Waals surface area (Å²) in [6.45, 7) is 0. The lowest BCUT2D eigenvalue weighted by Crippen LogP contribution is -2.01. The molecule has 0 spiro atoms. The molecule has 0 bridgehead atoms. The topological polar surface area (TPSA) is 34.9 Å². The van der Waals surface area contributed by atoms with Crippen LogP contribution in [-0.4, -0.2) is 15.6 Å². The van der Waals surface area contributed by atoms with Crippen LogP contribution in [0.15, 0.2) is 60.9 Å². The van der Waals surface area contributed by atoms with Crippen LogP contribution in [0.4, 0.5) is 8.78 Å². The summed E-state index contributed by atoms with van der Waals surface area (Å²) in [5.74, 6) is -2.04. The first-order valence-electron chi connectivity index (χ1n) is 6.24. The van der Waals surface area contributed by atoms with Gasteiger partial charge in [0.2, 0.25) is 0 Å². The first-order chi connectivity index (χ1) is 10.1.